The Labute approximate surface area is 110 Å². The summed E-state index contributed by atoms with van der Waals surface area (Å²) in [5.41, 5.74) is 1.19. The van der Waals surface area contributed by atoms with Crippen LogP contribution in [0.15, 0.2) is 30.7 Å². The van der Waals surface area contributed by atoms with E-state index in [4.69, 9.17) is 5.11 Å². The molecular formula is C13H15N3O3. The van der Waals surface area contributed by atoms with Crippen molar-refractivity contribution in [2.45, 2.75) is 19.9 Å². The van der Waals surface area contributed by atoms with Crippen molar-refractivity contribution in [3.05, 3.63) is 36.3 Å². The Balaban J connectivity index is 2.32. The molecule has 1 N–H and O–H groups in total. The first-order valence-electron chi connectivity index (χ1n) is 5.94. The van der Waals surface area contributed by atoms with Crippen molar-refractivity contribution in [3.8, 4) is 0 Å². The van der Waals surface area contributed by atoms with Gasteiger partial charge in [0.05, 0.1) is 5.56 Å². The first kappa shape index (κ1) is 13.1. The molecule has 2 aromatic heterocycles. The molecular weight excluding hydrogens is 246 g/mol. The molecule has 2 aromatic rings. The number of aliphatic carboxylic acids is 1. The highest BCUT2D eigenvalue weighted by Crippen LogP contribution is 2.10. The van der Waals surface area contributed by atoms with Crippen LogP contribution in [0, 0.1) is 0 Å². The monoisotopic (exact) mass is 261 g/mol. The Hall–Kier alpha value is -2.37. The highest BCUT2D eigenvalue weighted by Gasteiger charge is 2.21. The molecule has 0 unspecified atom stereocenters. The maximum absolute atomic E-state index is 12.3. The summed E-state index contributed by atoms with van der Waals surface area (Å²) >= 11 is 0. The topological polar surface area (TPSA) is 74.9 Å². The lowest BCUT2D eigenvalue weighted by Crippen LogP contribution is -2.40. The van der Waals surface area contributed by atoms with E-state index in [1.54, 1.807) is 49.0 Å². The van der Waals surface area contributed by atoms with E-state index in [-0.39, 0.29) is 18.5 Å². The molecule has 0 bridgehead atoms. The van der Waals surface area contributed by atoms with Gasteiger partial charge in [0.25, 0.3) is 5.91 Å². The third-order valence-corrected chi connectivity index (χ3v) is 2.83. The molecule has 6 nitrogen and oxygen atoms in total. The molecule has 19 heavy (non-hydrogen) atoms. The Bertz CT molecular complexity index is 618. The molecule has 0 fully saturated rings. The van der Waals surface area contributed by atoms with E-state index in [2.05, 4.69) is 4.98 Å². The SMILES string of the molecule is CC(C)N(CC(=O)O)C(=O)c1ccc2nccn2c1. The van der Waals surface area contributed by atoms with E-state index in [0.29, 0.717) is 5.56 Å². The molecule has 1 amide bonds. The van der Waals surface area contributed by atoms with Crippen molar-refractivity contribution in [1.29, 1.82) is 0 Å². The number of carboxylic acid groups (broad SMARTS) is 1. The number of hydrogen-bond donors (Lipinski definition) is 1. The zero-order valence-corrected chi connectivity index (χ0v) is 10.8. The molecule has 0 radical (unpaired) electrons. The molecule has 0 aliphatic heterocycles. The zero-order valence-electron chi connectivity index (χ0n) is 10.8. The van der Waals surface area contributed by atoms with Crippen LogP contribution in [0.5, 0.6) is 0 Å². The standard InChI is InChI=1S/C13H15N3O3/c1-9(2)16(8-12(17)18)13(19)10-3-4-11-14-5-6-15(11)7-10/h3-7,9H,8H2,1-2H3,(H,17,18). The van der Waals surface area contributed by atoms with Crippen molar-refractivity contribution < 1.29 is 14.7 Å². The van der Waals surface area contributed by atoms with Crippen molar-refractivity contribution in [1.82, 2.24) is 14.3 Å². The normalized spacial score (nSPS) is 10.9. The number of carbonyl (C=O) groups excluding carboxylic acids is 1. The number of carboxylic acids is 1. The molecule has 0 spiro atoms. The number of imidazole rings is 1. The number of amides is 1. The van der Waals surface area contributed by atoms with Gasteiger partial charge in [-0.15, -0.1) is 0 Å². The summed E-state index contributed by atoms with van der Waals surface area (Å²) in [5, 5.41) is 8.86. The van der Waals surface area contributed by atoms with Gasteiger partial charge in [0, 0.05) is 24.6 Å². The van der Waals surface area contributed by atoms with Gasteiger partial charge in [-0.05, 0) is 26.0 Å². The lowest BCUT2D eigenvalue weighted by molar-refractivity contribution is -0.138. The molecule has 0 aromatic carbocycles. The van der Waals surface area contributed by atoms with Gasteiger partial charge >= 0.3 is 5.97 Å². The van der Waals surface area contributed by atoms with Crippen LogP contribution in [-0.2, 0) is 4.79 Å². The molecule has 2 rings (SSSR count). The summed E-state index contributed by atoms with van der Waals surface area (Å²) in [6.45, 7) is 3.27. The molecule has 0 saturated carbocycles. The van der Waals surface area contributed by atoms with Gasteiger partial charge in [-0.2, -0.15) is 0 Å². The number of rotatable bonds is 4. The van der Waals surface area contributed by atoms with Crippen LogP contribution in [0.3, 0.4) is 0 Å². The summed E-state index contributed by atoms with van der Waals surface area (Å²) in [4.78, 5) is 28.5. The Morgan fingerprint density at radius 3 is 2.79 bits per heavy atom. The highest BCUT2D eigenvalue weighted by atomic mass is 16.4. The van der Waals surface area contributed by atoms with Gasteiger partial charge in [0.2, 0.25) is 0 Å². The minimum Gasteiger partial charge on any atom is -0.480 e. The van der Waals surface area contributed by atoms with Gasteiger partial charge < -0.3 is 14.4 Å². The fourth-order valence-electron chi connectivity index (χ4n) is 1.85. The van der Waals surface area contributed by atoms with Gasteiger partial charge in [-0.3, -0.25) is 9.59 Å². The summed E-state index contributed by atoms with van der Waals surface area (Å²) in [6, 6.07) is 3.20. The Morgan fingerprint density at radius 1 is 1.42 bits per heavy atom. The Kier molecular flexibility index (Phi) is 3.50. The average molecular weight is 261 g/mol. The van der Waals surface area contributed by atoms with Crippen LogP contribution in [0.25, 0.3) is 5.65 Å². The molecule has 0 saturated heterocycles. The van der Waals surface area contributed by atoms with Crippen LogP contribution in [0.4, 0.5) is 0 Å². The lowest BCUT2D eigenvalue weighted by atomic mass is 10.2. The predicted octanol–water partition coefficient (Wildman–Crippen LogP) is 1.27. The van der Waals surface area contributed by atoms with Crippen LogP contribution < -0.4 is 0 Å². The second-order valence-electron chi connectivity index (χ2n) is 4.53. The number of fused-ring (bicyclic) bond motifs is 1. The molecule has 0 atom stereocenters. The van der Waals surface area contributed by atoms with Crippen LogP contribution in [0.1, 0.15) is 24.2 Å². The van der Waals surface area contributed by atoms with Crippen LogP contribution >= 0.6 is 0 Å². The van der Waals surface area contributed by atoms with E-state index in [1.807, 2.05) is 0 Å². The van der Waals surface area contributed by atoms with Crippen molar-refractivity contribution in [3.63, 3.8) is 0 Å². The van der Waals surface area contributed by atoms with Gasteiger partial charge in [0.1, 0.15) is 12.2 Å². The van der Waals surface area contributed by atoms with E-state index < -0.39 is 5.97 Å². The molecule has 0 aliphatic rings. The zero-order chi connectivity index (χ0) is 14.0. The van der Waals surface area contributed by atoms with E-state index >= 15 is 0 Å². The van der Waals surface area contributed by atoms with Gasteiger partial charge in [-0.1, -0.05) is 0 Å². The first-order chi connectivity index (χ1) is 8.99. The number of carbonyl (C=O) groups is 2. The van der Waals surface area contributed by atoms with Crippen LogP contribution in [-0.4, -0.2) is 43.9 Å². The quantitative estimate of drug-likeness (QED) is 0.899. The maximum Gasteiger partial charge on any atom is 0.323 e. The van der Waals surface area contributed by atoms with Crippen LogP contribution in [0.2, 0.25) is 0 Å². The Morgan fingerprint density at radius 2 is 2.16 bits per heavy atom. The third kappa shape index (κ3) is 2.73. The largest absolute Gasteiger partial charge is 0.480 e. The van der Waals surface area contributed by atoms with E-state index in [0.717, 1.165) is 5.65 Å². The second-order valence-corrected chi connectivity index (χ2v) is 4.53. The summed E-state index contributed by atoms with van der Waals surface area (Å²) in [6.07, 6.45) is 5.03. The summed E-state index contributed by atoms with van der Waals surface area (Å²) < 4.78 is 1.73. The second kappa shape index (κ2) is 5.09. The predicted molar refractivity (Wildman–Crippen MR) is 69.0 cm³/mol. The molecule has 0 aliphatic carbocycles. The maximum atomic E-state index is 12.3. The number of aromatic nitrogens is 2. The molecule has 6 heteroatoms. The molecule has 100 valence electrons. The fourth-order valence-corrected chi connectivity index (χ4v) is 1.85. The van der Waals surface area contributed by atoms with Gasteiger partial charge in [-0.25, -0.2) is 4.98 Å². The average Bonchev–Trinajstić information content (AvgIpc) is 2.81. The number of nitrogens with zero attached hydrogens (tertiary/aromatic N) is 3. The van der Waals surface area contributed by atoms with Gasteiger partial charge in [0.15, 0.2) is 0 Å². The minimum absolute atomic E-state index is 0.179. The highest BCUT2D eigenvalue weighted by molar-refractivity contribution is 5.96. The van der Waals surface area contributed by atoms with E-state index in [9.17, 15) is 9.59 Å². The fraction of sp³-hybridized carbons (Fsp3) is 0.308. The molecule has 2 heterocycles. The first-order valence-corrected chi connectivity index (χ1v) is 5.94. The lowest BCUT2D eigenvalue weighted by Gasteiger charge is -2.24. The number of hydrogen-bond acceptors (Lipinski definition) is 3. The minimum atomic E-state index is -1.02. The van der Waals surface area contributed by atoms with Crippen molar-refractivity contribution in [2.24, 2.45) is 0 Å². The smallest absolute Gasteiger partial charge is 0.323 e. The van der Waals surface area contributed by atoms with Crippen molar-refractivity contribution in [2.75, 3.05) is 6.54 Å². The summed E-state index contributed by atoms with van der Waals surface area (Å²) in [5.74, 6) is -1.32. The van der Waals surface area contributed by atoms with E-state index in [1.165, 1.54) is 4.90 Å². The number of pyridine rings is 1. The third-order valence-electron chi connectivity index (χ3n) is 2.83. The van der Waals surface area contributed by atoms with Crippen molar-refractivity contribution >= 4 is 17.5 Å². The summed E-state index contributed by atoms with van der Waals surface area (Å²) in [7, 11) is 0.